The maximum atomic E-state index is 12.6. The van der Waals surface area contributed by atoms with Crippen molar-refractivity contribution in [1.82, 2.24) is 10.0 Å². The minimum absolute atomic E-state index is 0.0854. The highest BCUT2D eigenvalue weighted by Crippen LogP contribution is 2.33. The molecular weight excluding hydrogens is 350 g/mol. The first kappa shape index (κ1) is 19.3. The predicted molar refractivity (Wildman–Crippen MR) is 102 cm³/mol. The molecule has 1 aliphatic heterocycles. The van der Waals surface area contributed by atoms with Crippen LogP contribution >= 0.6 is 0 Å². The Bertz CT molecular complexity index is 756. The minimum Gasteiger partial charge on any atom is -0.325 e. The molecule has 0 bridgehead atoms. The van der Waals surface area contributed by atoms with Gasteiger partial charge in [0.15, 0.2) is 0 Å². The molecule has 1 saturated heterocycles. The van der Waals surface area contributed by atoms with Crippen molar-refractivity contribution in [1.29, 1.82) is 0 Å². The van der Waals surface area contributed by atoms with Crippen LogP contribution in [0, 0.1) is 5.92 Å². The van der Waals surface area contributed by atoms with E-state index in [4.69, 9.17) is 0 Å². The third kappa shape index (κ3) is 4.64. The summed E-state index contributed by atoms with van der Waals surface area (Å²) in [6.45, 7) is 5.38. The van der Waals surface area contributed by atoms with Crippen LogP contribution in [0.25, 0.3) is 0 Å². The highest BCUT2D eigenvalue weighted by atomic mass is 32.2. The van der Waals surface area contributed by atoms with E-state index in [-0.39, 0.29) is 16.8 Å². The first-order valence-electron chi connectivity index (χ1n) is 9.35. The largest absolute Gasteiger partial charge is 0.325 e. The van der Waals surface area contributed by atoms with Gasteiger partial charge in [0.2, 0.25) is 15.9 Å². The molecule has 26 heavy (non-hydrogen) atoms. The van der Waals surface area contributed by atoms with Crippen LogP contribution in [0.2, 0.25) is 0 Å². The monoisotopic (exact) mass is 379 g/mol. The van der Waals surface area contributed by atoms with Crippen molar-refractivity contribution in [2.75, 3.05) is 5.32 Å². The molecule has 144 valence electrons. The van der Waals surface area contributed by atoms with Gasteiger partial charge in [0, 0.05) is 17.3 Å². The number of carbonyl (C=O) groups excluding carboxylic acids is 1. The third-order valence-electron chi connectivity index (χ3n) is 5.03. The summed E-state index contributed by atoms with van der Waals surface area (Å²) in [5.41, 5.74) is -0.0641. The Morgan fingerprint density at radius 2 is 1.92 bits per heavy atom. The molecule has 7 heteroatoms. The van der Waals surface area contributed by atoms with E-state index < -0.39 is 15.6 Å². The van der Waals surface area contributed by atoms with Crippen LogP contribution in [0.1, 0.15) is 52.9 Å². The molecule has 1 aromatic carbocycles. The van der Waals surface area contributed by atoms with E-state index in [2.05, 4.69) is 15.4 Å². The number of nitrogens with one attached hydrogen (secondary N) is 3. The lowest BCUT2D eigenvalue weighted by atomic mass is 9.85. The van der Waals surface area contributed by atoms with Crippen molar-refractivity contribution in [3.8, 4) is 0 Å². The zero-order valence-corrected chi connectivity index (χ0v) is 16.5. The van der Waals surface area contributed by atoms with Gasteiger partial charge in [-0.1, -0.05) is 18.9 Å². The van der Waals surface area contributed by atoms with E-state index >= 15 is 0 Å². The quantitative estimate of drug-likeness (QED) is 0.750. The second-order valence-corrected chi connectivity index (χ2v) is 10.2. The fourth-order valence-corrected chi connectivity index (χ4v) is 5.42. The Kier molecular flexibility index (Phi) is 5.42. The molecule has 3 atom stereocenters. The third-order valence-corrected chi connectivity index (χ3v) is 6.79. The van der Waals surface area contributed by atoms with Crippen molar-refractivity contribution < 1.29 is 13.2 Å². The van der Waals surface area contributed by atoms with Gasteiger partial charge in [-0.15, -0.1) is 0 Å². The van der Waals surface area contributed by atoms with Crippen LogP contribution < -0.4 is 15.4 Å². The fourth-order valence-electron chi connectivity index (χ4n) is 3.95. The fraction of sp³-hybridized carbons (Fsp3) is 0.632. The Morgan fingerprint density at radius 1 is 1.19 bits per heavy atom. The maximum Gasteiger partial charge on any atom is 0.241 e. The zero-order chi connectivity index (χ0) is 18.9. The lowest BCUT2D eigenvalue weighted by Gasteiger charge is -2.24. The van der Waals surface area contributed by atoms with Gasteiger partial charge in [0.25, 0.3) is 0 Å². The van der Waals surface area contributed by atoms with Crippen LogP contribution in [-0.4, -0.2) is 31.9 Å². The lowest BCUT2D eigenvalue weighted by Crippen LogP contribution is -2.40. The summed E-state index contributed by atoms with van der Waals surface area (Å²) >= 11 is 0. The van der Waals surface area contributed by atoms with E-state index in [0.717, 1.165) is 12.8 Å². The van der Waals surface area contributed by atoms with Crippen molar-refractivity contribution in [3.63, 3.8) is 0 Å². The molecule has 0 spiro atoms. The van der Waals surface area contributed by atoms with Gasteiger partial charge >= 0.3 is 0 Å². The van der Waals surface area contributed by atoms with Crippen LogP contribution in [0.5, 0.6) is 0 Å². The second-order valence-electron chi connectivity index (χ2n) is 8.48. The number of carbonyl (C=O) groups is 1. The van der Waals surface area contributed by atoms with E-state index in [1.807, 2.05) is 0 Å². The van der Waals surface area contributed by atoms with Crippen LogP contribution in [0.3, 0.4) is 0 Å². The molecule has 1 aliphatic carbocycles. The van der Waals surface area contributed by atoms with E-state index in [1.54, 1.807) is 32.9 Å². The number of fused-ring (bicyclic) bond motifs is 1. The topological polar surface area (TPSA) is 87.3 Å². The van der Waals surface area contributed by atoms with E-state index in [0.29, 0.717) is 17.6 Å². The number of hydrogen-bond donors (Lipinski definition) is 3. The molecule has 6 nitrogen and oxygen atoms in total. The molecule has 1 amide bonds. The van der Waals surface area contributed by atoms with Gasteiger partial charge in [-0.05, 0) is 64.2 Å². The summed E-state index contributed by atoms with van der Waals surface area (Å²) in [5.74, 6) is 0.500. The summed E-state index contributed by atoms with van der Waals surface area (Å²) in [7, 11) is -3.63. The van der Waals surface area contributed by atoms with Crippen LogP contribution in [0.4, 0.5) is 5.69 Å². The summed E-state index contributed by atoms with van der Waals surface area (Å²) in [6, 6.07) is 6.66. The SMILES string of the molecule is CC(C)(C)NS(=O)(=O)c1cccc(NC(=O)C2CC3CCCCC3N2)c1. The average molecular weight is 380 g/mol. The molecule has 2 aliphatic rings. The van der Waals surface area contributed by atoms with Gasteiger partial charge in [-0.3, -0.25) is 4.79 Å². The van der Waals surface area contributed by atoms with Gasteiger partial charge in [0.1, 0.15) is 0 Å². The molecule has 1 saturated carbocycles. The number of amides is 1. The van der Waals surface area contributed by atoms with Gasteiger partial charge in [0.05, 0.1) is 10.9 Å². The Hall–Kier alpha value is -1.44. The Morgan fingerprint density at radius 3 is 2.62 bits per heavy atom. The van der Waals surface area contributed by atoms with Crippen molar-refractivity contribution >= 4 is 21.6 Å². The van der Waals surface area contributed by atoms with Gasteiger partial charge in [-0.2, -0.15) is 0 Å². The molecule has 0 radical (unpaired) electrons. The standard InChI is InChI=1S/C19H29N3O3S/c1-19(2,3)22-26(24,25)15-9-6-8-14(12-15)20-18(23)17-11-13-7-4-5-10-16(13)21-17/h6,8-9,12-13,16-17,21-22H,4-5,7,10-11H2,1-3H3,(H,20,23). The number of rotatable bonds is 4. The summed E-state index contributed by atoms with van der Waals surface area (Å²) in [4.78, 5) is 12.8. The Labute approximate surface area is 156 Å². The van der Waals surface area contributed by atoms with E-state index in [9.17, 15) is 13.2 Å². The average Bonchev–Trinajstić information content (AvgIpc) is 2.97. The molecular formula is C19H29N3O3S. The van der Waals surface area contributed by atoms with E-state index in [1.165, 1.54) is 31.4 Å². The van der Waals surface area contributed by atoms with Gasteiger partial charge in [-0.25, -0.2) is 13.1 Å². The summed E-state index contributed by atoms with van der Waals surface area (Å²) < 4.78 is 27.6. The molecule has 2 fully saturated rings. The highest BCUT2D eigenvalue weighted by molar-refractivity contribution is 7.89. The van der Waals surface area contributed by atoms with Crippen molar-refractivity contribution in [3.05, 3.63) is 24.3 Å². The smallest absolute Gasteiger partial charge is 0.241 e. The Balaban J connectivity index is 1.68. The highest BCUT2D eigenvalue weighted by Gasteiger charge is 2.38. The van der Waals surface area contributed by atoms with Crippen LogP contribution in [0.15, 0.2) is 29.2 Å². The van der Waals surface area contributed by atoms with Crippen LogP contribution in [-0.2, 0) is 14.8 Å². The molecule has 3 rings (SSSR count). The number of hydrogen-bond acceptors (Lipinski definition) is 4. The molecule has 1 heterocycles. The number of sulfonamides is 1. The number of benzene rings is 1. The van der Waals surface area contributed by atoms with Crippen molar-refractivity contribution in [2.24, 2.45) is 5.92 Å². The second kappa shape index (κ2) is 7.29. The summed E-state index contributed by atoms with van der Waals surface area (Å²) in [6.07, 6.45) is 5.66. The van der Waals surface area contributed by atoms with Crippen molar-refractivity contribution in [2.45, 2.75) is 75.4 Å². The molecule has 1 aromatic rings. The van der Waals surface area contributed by atoms with Gasteiger partial charge < -0.3 is 10.6 Å². The molecule has 3 N–H and O–H groups in total. The maximum absolute atomic E-state index is 12.6. The molecule has 0 aromatic heterocycles. The predicted octanol–water partition coefficient (Wildman–Crippen LogP) is 2.62. The number of anilines is 1. The first-order valence-corrected chi connectivity index (χ1v) is 10.8. The normalized spacial score (nSPS) is 26.3. The zero-order valence-electron chi connectivity index (χ0n) is 15.7. The molecule has 3 unspecified atom stereocenters. The lowest BCUT2D eigenvalue weighted by molar-refractivity contribution is -0.117. The first-order chi connectivity index (χ1) is 12.1. The minimum atomic E-state index is -3.63. The summed E-state index contributed by atoms with van der Waals surface area (Å²) in [5, 5.41) is 6.32.